The fourth-order valence-electron chi connectivity index (χ4n) is 1.96. The summed E-state index contributed by atoms with van der Waals surface area (Å²) in [7, 11) is 6.11. The lowest BCUT2D eigenvalue weighted by molar-refractivity contribution is 0.779. The summed E-state index contributed by atoms with van der Waals surface area (Å²) < 4.78 is 0. The zero-order valence-electron chi connectivity index (χ0n) is 10.7. The third-order valence-corrected chi connectivity index (χ3v) is 2.86. The zero-order valence-corrected chi connectivity index (χ0v) is 10.7. The van der Waals surface area contributed by atoms with Crippen LogP contribution >= 0.6 is 0 Å². The number of nitrogens with zero attached hydrogens (tertiary/aromatic N) is 2. The van der Waals surface area contributed by atoms with Crippen molar-refractivity contribution in [3.63, 3.8) is 0 Å². The number of likely N-dealkylation sites (N-methyl/N-ethyl adjacent to an activating group) is 1. The van der Waals surface area contributed by atoms with E-state index < -0.39 is 0 Å². The van der Waals surface area contributed by atoms with Crippen LogP contribution in [0.15, 0.2) is 30.3 Å². The Balaban J connectivity index is 2.51. The van der Waals surface area contributed by atoms with Crippen molar-refractivity contribution in [3.8, 4) is 0 Å². The van der Waals surface area contributed by atoms with Crippen LogP contribution in [0.3, 0.4) is 0 Å². The summed E-state index contributed by atoms with van der Waals surface area (Å²) in [5.74, 6) is 0. The number of pyridine rings is 1. The second-order valence-corrected chi connectivity index (χ2v) is 4.40. The maximum absolute atomic E-state index is 4.69. The average molecular weight is 229 g/mol. The van der Waals surface area contributed by atoms with Crippen LogP contribution in [0.4, 0.5) is 5.69 Å². The summed E-state index contributed by atoms with van der Waals surface area (Å²) in [6.45, 7) is 0.957. The minimum Gasteiger partial charge on any atom is -0.377 e. The number of anilines is 1. The van der Waals surface area contributed by atoms with Crippen LogP contribution < -0.4 is 10.2 Å². The van der Waals surface area contributed by atoms with E-state index in [4.69, 9.17) is 0 Å². The molecule has 0 bridgehead atoms. The van der Waals surface area contributed by atoms with Crippen LogP contribution in [0.2, 0.25) is 0 Å². The first-order valence-corrected chi connectivity index (χ1v) is 5.93. The maximum Gasteiger partial charge on any atom is 0.0726 e. The van der Waals surface area contributed by atoms with E-state index in [2.05, 4.69) is 53.6 Å². The van der Waals surface area contributed by atoms with Crippen molar-refractivity contribution in [3.05, 3.63) is 36.0 Å². The van der Waals surface area contributed by atoms with Crippen molar-refractivity contribution in [2.75, 3.05) is 32.6 Å². The predicted molar refractivity (Wildman–Crippen MR) is 73.7 cm³/mol. The zero-order chi connectivity index (χ0) is 12.3. The van der Waals surface area contributed by atoms with Crippen LogP contribution in [0, 0.1) is 0 Å². The van der Waals surface area contributed by atoms with E-state index in [1.54, 1.807) is 0 Å². The molecule has 0 aliphatic carbocycles. The van der Waals surface area contributed by atoms with Gasteiger partial charge in [-0.25, -0.2) is 0 Å². The van der Waals surface area contributed by atoms with Crippen LogP contribution in [0.5, 0.6) is 0 Å². The molecule has 0 saturated carbocycles. The van der Waals surface area contributed by atoms with E-state index in [-0.39, 0.29) is 0 Å². The van der Waals surface area contributed by atoms with Gasteiger partial charge in [-0.3, -0.25) is 4.98 Å². The lowest BCUT2D eigenvalue weighted by atomic mass is 10.1. The van der Waals surface area contributed by atoms with Gasteiger partial charge in [0.1, 0.15) is 0 Å². The molecule has 2 rings (SSSR count). The van der Waals surface area contributed by atoms with Gasteiger partial charge in [-0.1, -0.05) is 18.2 Å². The fraction of sp³-hybridized carbons (Fsp3) is 0.357. The molecular formula is C14H19N3. The Kier molecular flexibility index (Phi) is 3.59. The Morgan fingerprint density at radius 2 is 2.00 bits per heavy atom. The van der Waals surface area contributed by atoms with Gasteiger partial charge in [0.2, 0.25) is 0 Å². The number of rotatable bonds is 4. The molecule has 0 aliphatic rings. The summed E-state index contributed by atoms with van der Waals surface area (Å²) in [5.41, 5.74) is 3.45. The highest BCUT2D eigenvalue weighted by Gasteiger charge is 2.06. The van der Waals surface area contributed by atoms with E-state index in [1.165, 1.54) is 11.1 Å². The van der Waals surface area contributed by atoms with Crippen molar-refractivity contribution >= 4 is 16.6 Å². The molecule has 1 aromatic carbocycles. The molecule has 0 radical (unpaired) electrons. The molecule has 0 spiro atoms. The molecule has 0 atom stereocenters. The van der Waals surface area contributed by atoms with Gasteiger partial charge < -0.3 is 10.2 Å². The van der Waals surface area contributed by atoms with Crippen molar-refractivity contribution in [2.45, 2.75) is 6.42 Å². The summed E-state index contributed by atoms with van der Waals surface area (Å²) in [4.78, 5) is 6.83. The Morgan fingerprint density at radius 1 is 1.24 bits per heavy atom. The number of nitrogens with one attached hydrogen (secondary N) is 1. The Bertz CT molecular complexity index is 506. The fourth-order valence-corrected chi connectivity index (χ4v) is 1.96. The molecule has 0 amide bonds. The highest BCUT2D eigenvalue weighted by Crippen LogP contribution is 2.25. The van der Waals surface area contributed by atoms with Gasteiger partial charge in [0.25, 0.3) is 0 Å². The molecule has 3 nitrogen and oxygen atoms in total. The van der Waals surface area contributed by atoms with Crippen LogP contribution in [0.25, 0.3) is 10.9 Å². The average Bonchev–Trinajstić information content (AvgIpc) is 2.35. The van der Waals surface area contributed by atoms with Gasteiger partial charge in [0.05, 0.1) is 5.52 Å². The largest absolute Gasteiger partial charge is 0.377 e. The van der Waals surface area contributed by atoms with Crippen LogP contribution in [-0.4, -0.2) is 32.7 Å². The number of fused-ring (bicyclic) bond motifs is 1. The minimum absolute atomic E-state index is 0.957. The highest BCUT2D eigenvalue weighted by molar-refractivity contribution is 5.91. The number of aromatic nitrogens is 1. The van der Waals surface area contributed by atoms with Crippen molar-refractivity contribution < 1.29 is 0 Å². The number of para-hydroxylation sites is 1. The van der Waals surface area contributed by atoms with E-state index >= 15 is 0 Å². The van der Waals surface area contributed by atoms with Crippen molar-refractivity contribution in [1.29, 1.82) is 0 Å². The topological polar surface area (TPSA) is 28.2 Å². The molecular weight excluding hydrogens is 210 g/mol. The monoisotopic (exact) mass is 229 g/mol. The lowest BCUT2D eigenvalue weighted by Gasteiger charge is -2.16. The molecule has 0 aliphatic heterocycles. The van der Waals surface area contributed by atoms with Crippen molar-refractivity contribution in [1.82, 2.24) is 10.3 Å². The van der Waals surface area contributed by atoms with Crippen molar-refractivity contribution in [2.24, 2.45) is 0 Å². The van der Waals surface area contributed by atoms with Gasteiger partial charge in [0.15, 0.2) is 0 Å². The Hall–Kier alpha value is -1.61. The molecule has 0 fully saturated rings. The van der Waals surface area contributed by atoms with Crippen LogP contribution in [0.1, 0.15) is 5.69 Å². The maximum atomic E-state index is 4.69. The first kappa shape index (κ1) is 11.9. The number of hydrogen-bond donors (Lipinski definition) is 1. The summed E-state index contributed by atoms with van der Waals surface area (Å²) in [6, 6.07) is 10.5. The molecule has 1 aromatic heterocycles. The van der Waals surface area contributed by atoms with Crippen LogP contribution in [-0.2, 0) is 6.42 Å². The van der Waals surface area contributed by atoms with Gasteiger partial charge in [-0.05, 0) is 19.2 Å². The van der Waals surface area contributed by atoms with E-state index in [9.17, 15) is 0 Å². The second kappa shape index (κ2) is 5.15. The first-order chi connectivity index (χ1) is 8.22. The highest BCUT2D eigenvalue weighted by atomic mass is 15.1. The van der Waals surface area contributed by atoms with Gasteiger partial charge in [-0.15, -0.1) is 0 Å². The third-order valence-electron chi connectivity index (χ3n) is 2.86. The number of hydrogen-bond acceptors (Lipinski definition) is 3. The molecule has 90 valence electrons. The van der Waals surface area contributed by atoms with Gasteiger partial charge in [-0.2, -0.15) is 0 Å². The first-order valence-electron chi connectivity index (χ1n) is 5.93. The summed E-state index contributed by atoms with van der Waals surface area (Å²) >= 11 is 0. The molecule has 1 N–H and O–H groups in total. The summed E-state index contributed by atoms with van der Waals surface area (Å²) in [5, 5.41) is 4.37. The second-order valence-electron chi connectivity index (χ2n) is 4.40. The SMILES string of the molecule is CNCCc1cc(N(C)C)c2ccccc2n1. The molecule has 3 heteroatoms. The normalized spacial score (nSPS) is 10.8. The third kappa shape index (κ3) is 2.56. The number of benzene rings is 1. The van der Waals surface area contributed by atoms with E-state index in [0.717, 1.165) is 24.2 Å². The molecule has 0 unspecified atom stereocenters. The molecule has 2 aromatic rings. The standard InChI is InChI=1S/C14H19N3/c1-15-9-8-11-10-14(17(2)3)12-6-4-5-7-13(12)16-11/h4-7,10,15H,8-9H2,1-3H3. The molecule has 1 heterocycles. The minimum atomic E-state index is 0.957. The summed E-state index contributed by atoms with van der Waals surface area (Å²) in [6.07, 6.45) is 0.960. The van der Waals surface area contributed by atoms with E-state index in [0.29, 0.717) is 0 Å². The smallest absolute Gasteiger partial charge is 0.0726 e. The quantitative estimate of drug-likeness (QED) is 0.870. The lowest BCUT2D eigenvalue weighted by Crippen LogP contribution is -2.13. The molecule has 17 heavy (non-hydrogen) atoms. The van der Waals surface area contributed by atoms with Gasteiger partial charge in [0, 0.05) is 43.8 Å². The van der Waals surface area contributed by atoms with Gasteiger partial charge >= 0.3 is 0 Å². The predicted octanol–water partition coefficient (Wildman–Crippen LogP) is 2.06. The Labute approximate surface area is 102 Å². The van der Waals surface area contributed by atoms with E-state index in [1.807, 2.05) is 13.1 Å². The Morgan fingerprint density at radius 3 is 2.71 bits per heavy atom. The molecule has 0 saturated heterocycles.